The third-order valence-corrected chi connectivity index (χ3v) is 15.2. The molecule has 2 spiro atoms. The van der Waals surface area contributed by atoms with Crippen molar-refractivity contribution in [2.24, 2.45) is 0 Å². The van der Waals surface area contributed by atoms with Gasteiger partial charge in [-0.2, -0.15) is 0 Å². The van der Waals surface area contributed by atoms with Crippen LogP contribution in [0.5, 0.6) is 0 Å². The van der Waals surface area contributed by atoms with Crippen LogP contribution in [0.1, 0.15) is 44.5 Å². The Labute approximate surface area is 370 Å². The van der Waals surface area contributed by atoms with Crippen molar-refractivity contribution in [3.63, 3.8) is 0 Å². The van der Waals surface area contributed by atoms with Crippen molar-refractivity contribution in [1.82, 2.24) is 9.13 Å². The van der Waals surface area contributed by atoms with Gasteiger partial charge in [0.1, 0.15) is 0 Å². The van der Waals surface area contributed by atoms with Crippen LogP contribution in [-0.4, -0.2) is 9.13 Å². The normalized spacial score (nSPS) is 14.5. The van der Waals surface area contributed by atoms with Crippen molar-refractivity contribution >= 4 is 43.6 Å². The standard InChI is InChI=1S/C62H38N2/c1-9-25-49-41(17-1)42-18-2-10-26-50(42)61(49)53-35-33-39(63-57-29-13-5-21-45(57)46-22-6-14-30-58(46)63)37-55(53)62(51-27-11-3-19-43(51)44-20-4-12-28-52(44)62)56-38-40(34-36-54(56)61)64-59-31-15-7-23-47(59)48-24-8-16-32-60(48)64/h1-38H. The molecule has 0 unspecified atom stereocenters. The first-order chi connectivity index (χ1) is 31.8. The summed E-state index contributed by atoms with van der Waals surface area (Å²) in [5, 5.41) is 5.05. The first-order valence-electron chi connectivity index (χ1n) is 22.4. The average Bonchev–Trinajstić information content (AvgIpc) is 4.07. The van der Waals surface area contributed by atoms with Crippen molar-refractivity contribution in [1.29, 1.82) is 0 Å². The lowest BCUT2D eigenvalue weighted by atomic mass is 9.52. The highest BCUT2D eigenvalue weighted by Crippen LogP contribution is 2.68. The van der Waals surface area contributed by atoms with Crippen LogP contribution in [0.3, 0.4) is 0 Å². The molecule has 0 saturated heterocycles. The van der Waals surface area contributed by atoms with Crippen LogP contribution in [0.25, 0.3) is 77.2 Å². The molecule has 0 amide bonds. The predicted molar refractivity (Wildman–Crippen MR) is 263 cm³/mol. The lowest BCUT2D eigenvalue weighted by Crippen LogP contribution is -2.44. The maximum absolute atomic E-state index is 2.58. The molecule has 0 bridgehead atoms. The van der Waals surface area contributed by atoms with Crippen molar-refractivity contribution in [2.45, 2.75) is 10.8 Å². The fourth-order valence-corrected chi connectivity index (χ4v) is 12.9. The number of benzene rings is 10. The van der Waals surface area contributed by atoms with Gasteiger partial charge in [0.15, 0.2) is 0 Å². The van der Waals surface area contributed by atoms with Gasteiger partial charge in [-0.3, -0.25) is 0 Å². The van der Waals surface area contributed by atoms with Crippen molar-refractivity contribution < 1.29 is 0 Å². The summed E-state index contributed by atoms with van der Waals surface area (Å²) < 4.78 is 5.00. The van der Waals surface area contributed by atoms with E-state index in [9.17, 15) is 0 Å². The molecule has 15 rings (SSSR count). The van der Waals surface area contributed by atoms with E-state index in [1.807, 2.05) is 0 Å². The number of fused-ring (bicyclic) bond motifs is 22. The molecule has 10 aromatic carbocycles. The molecular weight excluding hydrogens is 773 g/mol. The Bertz CT molecular complexity index is 3620. The topological polar surface area (TPSA) is 9.86 Å². The maximum atomic E-state index is 2.58. The van der Waals surface area contributed by atoms with E-state index in [0.29, 0.717) is 0 Å². The van der Waals surface area contributed by atoms with E-state index in [0.717, 1.165) is 11.4 Å². The lowest BCUT2D eigenvalue weighted by Gasteiger charge is -2.49. The first-order valence-corrected chi connectivity index (χ1v) is 22.4. The van der Waals surface area contributed by atoms with Gasteiger partial charge in [0.2, 0.25) is 0 Å². The zero-order valence-electron chi connectivity index (χ0n) is 34.8. The molecule has 2 nitrogen and oxygen atoms in total. The van der Waals surface area contributed by atoms with Crippen LogP contribution in [0, 0.1) is 0 Å². The van der Waals surface area contributed by atoms with Crippen LogP contribution >= 0.6 is 0 Å². The van der Waals surface area contributed by atoms with Gasteiger partial charge in [0.05, 0.1) is 32.9 Å². The largest absolute Gasteiger partial charge is 0.309 e. The third kappa shape index (κ3) is 3.99. The van der Waals surface area contributed by atoms with Crippen LogP contribution < -0.4 is 0 Å². The Morgan fingerprint density at radius 2 is 0.484 bits per heavy atom. The molecule has 0 atom stereocenters. The Morgan fingerprint density at radius 3 is 0.812 bits per heavy atom. The second-order valence-corrected chi connectivity index (χ2v) is 17.9. The second kappa shape index (κ2) is 12.2. The Balaban J connectivity index is 1.16. The monoisotopic (exact) mass is 810 g/mol. The minimum atomic E-state index is -0.654. The van der Waals surface area contributed by atoms with Gasteiger partial charge in [-0.05, 0) is 115 Å². The molecule has 0 fully saturated rings. The van der Waals surface area contributed by atoms with Crippen LogP contribution in [0.4, 0.5) is 0 Å². The fraction of sp³-hybridized carbons (Fsp3) is 0.0323. The summed E-state index contributed by atoms with van der Waals surface area (Å²) in [5.74, 6) is 0. The Kier molecular flexibility index (Phi) is 6.58. The first kappa shape index (κ1) is 34.4. The van der Waals surface area contributed by atoms with E-state index < -0.39 is 10.8 Å². The number of rotatable bonds is 2. The summed E-state index contributed by atoms with van der Waals surface area (Å²) in [6.07, 6.45) is 0. The average molecular weight is 811 g/mol. The Morgan fingerprint density at radius 1 is 0.219 bits per heavy atom. The van der Waals surface area contributed by atoms with Gasteiger partial charge >= 0.3 is 0 Å². The molecule has 2 heteroatoms. The molecular formula is C62H38N2. The van der Waals surface area contributed by atoms with Crippen molar-refractivity contribution in [3.05, 3.63) is 275 Å². The number of hydrogen-bond acceptors (Lipinski definition) is 0. The second-order valence-electron chi connectivity index (χ2n) is 17.9. The van der Waals surface area contributed by atoms with Gasteiger partial charge < -0.3 is 9.13 Å². The number of aromatic nitrogens is 2. The van der Waals surface area contributed by atoms with E-state index in [1.165, 1.54) is 110 Å². The van der Waals surface area contributed by atoms with E-state index in [1.54, 1.807) is 0 Å². The third-order valence-electron chi connectivity index (χ3n) is 15.2. The molecule has 3 aliphatic rings. The summed E-state index contributed by atoms with van der Waals surface area (Å²) in [7, 11) is 0. The van der Waals surface area contributed by atoms with Crippen LogP contribution in [-0.2, 0) is 10.8 Å². The SMILES string of the molecule is c1ccc2c(c1)-c1ccccc1C21c2ccc(-n3c4ccccc4c4ccccc43)cc2C2(c3ccccc3-c3ccccc32)c2cc(-n3c4ccccc4c4ccccc43)ccc21. The van der Waals surface area contributed by atoms with Gasteiger partial charge in [-0.25, -0.2) is 0 Å². The highest BCUT2D eigenvalue weighted by atomic mass is 15.0. The highest BCUT2D eigenvalue weighted by molar-refractivity contribution is 6.10. The summed E-state index contributed by atoms with van der Waals surface area (Å²) in [6.45, 7) is 0. The molecule has 296 valence electrons. The number of nitrogens with zero attached hydrogens (tertiary/aromatic N) is 2. The zero-order chi connectivity index (χ0) is 41.7. The molecule has 2 aromatic heterocycles. The van der Waals surface area contributed by atoms with Crippen molar-refractivity contribution in [3.8, 4) is 33.6 Å². The molecule has 2 heterocycles. The molecule has 64 heavy (non-hydrogen) atoms. The van der Waals surface area contributed by atoms with Gasteiger partial charge in [0.25, 0.3) is 0 Å². The van der Waals surface area contributed by atoms with Gasteiger partial charge in [-0.15, -0.1) is 0 Å². The lowest BCUT2D eigenvalue weighted by molar-refractivity contribution is 0.631. The molecule has 3 aliphatic carbocycles. The minimum absolute atomic E-state index is 0.589. The predicted octanol–water partition coefficient (Wildman–Crippen LogP) is 14.9. The summed E-state index contributed by atoms with van der Waals surface area (Å²) in [5.41, 5.74) is 21.7. The summed E-state index contributed by atoms with van der Waals surface area (Å²) >= 11 is 0. The molecule has 0 N–H and O–H groups in total. The zero-order valence-corrected chi connectivity index (χ0v) is 34.8. The minimum Gasteiger partial charge on any atom is -0.309 e. The maximum Gasteiger partial charge on any atom is 0.0721 e. The number of para-hydroxylation sites is 4. The van der Waals surface area contributed by atoms with Crippen molar-refractivity contribution in [2.75, 3.05) is 0 Å². The van der Waals surface area contributed by atoms with E-state index in [2.05, 4.69) is 240 Å². The Hall–Kier alpha value is -8.20. The molecule has 12 aromatic rings. The molecule has 0 aliphatic heterocycles. The smallest absolute Gasteiger partial charge is 0.0721 e. The summed E-state index contributed by atoms with van der Waals surface area (Å²) in [4.78, 5) is 0. The van der Waals surface area contributed by atoms with Crippen LogP contribution in [0.2, 0.25) is 0 Å². The van der Waals surface area contributed by atoms with Gasteiger partial charge in [0, 0.05) is 32.9 Å². The van der Waals surface area contributed by atoms with E-state index >= 15 is 0 Å². The van der Waals surface area contributed by atoms with E-state index in [-0.39, 0.29) is 0 Å². The number of hydrogen-bond donors (Lipinski definition) is 0. The quantitative estimate of drug-likeness (QED) is 0.165. The molecule has 0 saturated carbocycles. The highest BCUT2D eigenvalue weighted by Gasteiger charge is 2.59. The van der Waals surface area contributed by atoms with Gasteiger partial charge in [-0.1, -0.05) is 182 Å². The molecule has 0 radical (unpaired) electrons. The summed E-state index contributed by atoms with van der Waals surface area (Å²) in [6, 6.07) is 87.4. The van der Waals surface area contributed by atoms with E-state index in [4.69, 9.17) is 0 Å². The fourth-order valence-electron chi connectivity index (χ4n) is 12.9. The van der Waals surface area contributed by atoms with Crippen LogP contribution in [0.15, 0.2) is 231 Å².